The second-order valence-corrected chi connectivity index (χ2v) is 4.66. The van der Waals surface area contributed by atoms with Crippen molar-refractivity contribution in [3.05, 3.63) is 29.3 Å². The Morgan fingerprint density at radius 3 is 2.43 bits per heavy atom. The quantitative estimate of drug-likeness (QED) is 0.875. The van der Waals surface area contributed by atoms with E-state index in [1.165, 1.54) is 4.90 Å². The lowest BCUT2D eigenvalue weighted by atomic mass is 10.3. The van der Waals surface area contributed by atoms with E-state index in [9.17, 15) is 9.59 Å². The molecule has 0 heterocycles. The number of nitrogens with zero attached hydrogens (tertiary/aromatic N) is 3. The van der Waals surface area contributed by atoms with Crippen molar-refractivity contribution in [1.29, 1.82) is 5.26 Å². The van der Waals surface area contributed by atoms with E-state index < -0.39 is 18.5 Å². The summed E-state index contributed by atoms with van der Waals surface area (Å²) in [7, 11) is 0. The highest BCUT2D eigenvalue weighted by Gasteiger charge is 2.23. The smallest absolute Gasteiger partial charge is 0.325 e. The van der Waals surface area contributed by atoms with E-state index in [1.54, 1.807) is 31.2 Å². The molecule has 2 amide bonds. The fourth-order valence-corrected chi connectivity index (χ4v) is 1.90. The van der Waals surface area contributed by atoms with Gasteiger partial charge in [-0.2, -0.15) is 5.26 Å². The Labute approximate surface area is 128 Å². The first-order valence-corrected chi connectivity index (χ1v) is 6.78. The molecule has 1 rings (SSSR count). The van der Waals surface area contributed by atoms with E-state index in [-0.39, 0.29) is 13.0 Å². The van der Waals surface area contributed by atoms with Crippen LogP contribution in [0, 0.1) is 11.3 Å². The van der Waals surface area contributed by atoms with E-state index in [4.69, 9.17) is 22.0 Å². The molecule has 0 aliphatic carbocycles. The third-order valence-electron chi connectivity index (χ3n) is 2.81. The van der Waals surface area contributed by atoms with Crippen LogP contribution < -0.4 is 4.90 Å². The van der Waals surface area contributed by atoms with E-state index in [0.29, 0.717) is 17.3 Å². The number of aliphatic carboxylic acids is 1. The largest absolute Gasteiger partial charge is 0.480 e. The number of benzene rings is 1. The van der Waals surface area contributed by atoms with Gasteiger partial charge in [0.15, 0.2) is 0 Å². The third kappa shape index (κ3) is 4.97. The van der Waals surface area contributed by atoms with Gasteiger partial charge in [0.2, 0.25) is 0 Å². The SMILES string of the molecule is CCN(CCC#N)C(=O)N(CC(=O)O)c1ccc(Cl)cc1. The normalized spacial score (nSPS) is 9.76. The molecule has 1 aromatic carbocycles. The zero-order valence-corrected chi connectivity index (χ0v) is 12.4. The highest BCUT2D eigenvalue weighted by molar-refractivity contribution is 6.30. The Bertz CT molecular complexity index is 539. The van der Waals surface area contributed by atoms with Crippen molar-refractivity contribution in [1.82, 2.24) is 4.90 Å². The van der Waals surface area contributed by atoms with Gasteiger partial charge in [0, 0.05) is 23.8 Å². The molecule has 7 heteroatoms. The number of carbonyl (C=O) groups is 2. The fourth-order valence-electron chi connectivity index (χ4n) is 1.77. The number of carboxylic acids is 1. The summed E-state index contributed by atoms with van der Waals surface area (Å²) in [4.78, 5) is 26.0. The van der Waals surface area contributed by atoms with Crippen LogP contribution in [0.4, 0.5) is 10.5 Å². The van der Waals surface area contributed by atoms with Crippen LogP contribution in [0.15, 0.2) is 24.3 Å². The molecule has 1 N–H and O–H groups in total. The molecule has 1 aromatic rings. The first kappa shape index (κ1) is 16.8. The van der Waals surface area contributed by atoms with Crippen LogP contribution in [0.3, 0.4) is 0 Å². The predicted octanol–water partition coefficient (Wildman–Crippen LogP) is 2.59. The Morgan fingerprint density at radius 2 is 1.95 bits per heavy atom. The van der Waals surface area contributed by atoms with Gasteiger partial charge in [0.1, 0.15) is 6.54 Å². The Kier molecular flexibility index (Phi) is 6.50. The first-order chi connectivity index (χ1) is 9.99. The monoisotopic (exact) mass is 309 g/mol. The van der Waals surface area contributed by atoms with Crippen molar-refractivity contribution in [3.63, 3.8) is 0 Å². The number of anilines is 1. The predicted molar refractivity (Wildman–Crippen MR) is 79.3 cm³/mol. The van der Waals surface area contributed by atoms with Crippen molar-refractivity contribution in [2.75, 3.05) is 24.5 Å². The van der Waals surface area contributed by atoms with Gasteiger partial charge in [-0.3, -0.25) is 9.69 Å². The van der Waals surface area contributed by atoms with E-state index >= 15 is 0 Å². The topological polar surface area (TPSA) is 84.6 Å². The lowest BCUT2D eigenvalue weighted by Crippen LogP contribution is -2.46. The van der Waals surface area contributed by atoms with Gasteiger partial charge < -0.3 is 10.0 Å². The van der Waals surface area contributed by atoms with Gasteiger partial charge in [-0.05, 0) is 31.2 Å². The maximum absolute atomic E-state index is 12.4. The summed E-state index contributed by atoms with van der Waals surface area (Å²) in [6, 6.07) is 7.87. The minimum absolute atomic E-state index is 0.196. The van der Waals surface area contributed by atoms with Crippen LogP contribution >= 0.6 is 11.6 Å². The van der Waals surface area contributed by atoms with Crippen molar-refractivity contribution >= 4 is 29.3 Å². The standard InChI is InChI=1S/C14H16ClN3O3/c1-2-17(9-3-8-16)14(21)18(10-13(19)20)12-6-4-11(15)5-7-12/h4-7H,2-3,9-10H2,1H3,(H,19,20). The summed E-state index contributed by atoms with van der Waals surface area (Å²) in [5.74, 6) is -1.12. The van der Waals surface area contributed by atoms with Gasteiger partial charge in [-0.15, -0.1) is 0 Å². The van der Waals surface area contributed by atoms with Gasteiger partial charge in [-0.25, -0.2) is 4.79 Å². The van der Waals surface area contributed by atoms with Gasteiger partial charge in [0.25, 0.3) is 0 Å². The van der Waals surface area contributed by atoms with Gasteiger partial charge >= 0.3 is 12.0 Å². The molecular weight excluding hydrogens is 294 g/mol. The van der Waals surface area contributed by atoms with Gasteiger partial charge in [0.05, 0.1) is 12.5 Å². The molecule has 6 nitrogen and oxygen atoms in total. The molecular formula is C14H16ClN3O3. The molecule has 0 saturated heterocycles. The molecule has 0 fully saturated rings. The van der Waals surface area contributed by atoms with Crippen LogP contribution in [0.2, 0.25) is 5.02 Å². The number of halogens is 1. The number of carbonyl (C=O) groups excluding carboxylic acids is 1. The molecule has 21 heavy (non-hydrogen) atoms. The summed E-state index contributed by atoms with van der Waals surface area (Å²) in [6.07, 6.45) is 0.196. The lowest BCUT2D eigenvalue weighted by molar-refractivity contribution is -0.135. The van der Waals surface area contributed by atoms with E-state index in [2.05, 4.69) is 0 Å². The Hall–Kier alpha value is -2.26. The number of urea groups is 1. The van der Waals surface area contributed by atoms with Crippen LogP contribution in [-0.4, -0.2) is 41.6 Å². The van der Waals surface area contributed by atoms with Crippen molar-refractivity contribution in [3.8, 4) is 6.07 Å². The van der Waals surface area contributed by atoms with Crippen molar-refractivity contribution in [2.24, 2.45) is 0 Å². The van der Waals surface area contributed by atoms with Crippen LogP contribution in [0.25, 0.3) is 0 Å². The number of carboxylic acid groups (broad SMARTS) is 1. The van der Waals surface area contributed by atoms with Crippen LogP contribution in [0.5, 0.6) is 0 Å². The summed E-state index contributed by atoms with van der Waals surface area (Å²) in [6.45, 7) is 1.97. The molecule has 0 unspecified atom stereocenters. The Balaban J connectivity index is 3.00. The zero-order chi connectivity index (χ0) is 15.8. The van der Waals surface area contributed by atoms with Crippen molar-refractivity contribution < 1.29 is 14.7 Å². The van der Waals surface area contributed by atoms with Crippen LogP contribution in [-0.2, 0) is 4.79 Å². The molecule has 0 aromatic heterocycles. The highest BCUT2D eigenvalue weighted by atomic mass is 35.5. The summed E-state index contributed by atoms with van der Waals surface area (Å²) in [5, 5.41) is 18.1. The third-order valence-corrected chi connectivity index (χ3v) is 3.06. The van der Waals surface area contributed by atoms with E-state index in [0.717, 1.165) is 4.90 Å². The second kappa shape index (κ2) is 8.12. The first-order valence-electron chi connectivity index (χ1n) is 6.40. The number of hydrogen-bond acceptors (Lipinski definition) is 3. The molecule has 0 aliphatic rings. The summed E-state index contributed by atoms with van der Waals surface area (Å²) >= 11 is 5.79. The average Bonchev–Trinajstić information content (AvgIpc) is 2.46. The maximum Gasteiger partial charge on any atom is 0.325 e. The number of rotatable bonds is 6. The zero-order valence-electron chi connectivity index (χ0n) is 11.6. The molecule has 0 spiro atoms. The summed E-state index contributed by atoms with van der Waals surface area (Å²) in [5.41, 5.74) is 0.446. The molecule has 112 valence electrons. The maximum atomic E-state index is 12.4. The lowest BCUT2D eigenvalue weighted by Gasteiger charge is -2.28. The molecule has 0 saturated carbocycles. The van der Waals surface area contributed by atoms with E-state index in [1.807, 2.05) is 6.07 Å². The minimum Gasteiger partial charge on any atom is -0.480 e. The number of nitriles is 1. The number of amides is 2. The average molecular weight is 310 g/mol. The molecule has 0 atom stereocenters. The molecule has 0 radical (unpaired) electrons. The van der Waals surface area contributed by atoms with Gasteiger partial charge in [-0.1, -0.05) is 11.6 Å². The second-order valence-electron chi connectivity index (χ2n) is 4.23. The Morgan fingerprint density at radius 1 is 1.33 bits per heavy atom. The van der Waals surface area contributed by atoms with Crippen molar-refractivity contribution in [2.45, 2.75) is 13.3 Å². The minimum atomic E-state index is -1.12. The molecule has 0 aliphatic heterocycles. The van der Waals surface area contributed by atoms with Crippen LogP contribution in [0.1, 0.15) is 13.3 Å². The summed E-state index contributed by atoms with van der Waals surface area (Å²) < 4.78 is 0. The molecule has 0 bridgehead atoms. The number of hydrogen-bond donors (Lipinski definition) is 1. The fraction of sp³-hybridized carbons (Fsp3) is 0.357. The highest BCUT2D eigenvalue weighted by Crippen LogP contribution is 2.19.